The van der Waals surface area contributed by atoms with Crippen LogP contribution in [0, 0.1) is 0 Å². The zero-order chi connectivity index (χ0) is 21.1. The van der Waals surface area contributed by atoms with Crippen LogP contribution in [0.4, 0.5) is 0 Å². The Bertz CT molecular complexity index is 1100. The Hall–Kier alpha value is -3.20. The SMILES string of the molecule is Cn1cc(CCC(=O)N2CCN(CCC(=O)c3ccc4[nH]c(=O)oc4c3)CC2)cn1. The van der Waals surface area contributed by atoms with Gasteiger partial charge in [0, 0.05) is 64.4 Å². The minimum Gasteiger partial charge on any atom is -0.408 e. The van der Waals surface area contributed by atoms with Crippen molar-refractivity contribution in [1.82, 2.24) is 24.6 Å². The monoisotopic (exact) mass is 411 g/mol. The summed E-state index contributed by atoms with van der Waals surface area (Å²) in [6.45, 7) is 3.53. The summed E-state index contributed by atoms with van der Waals surface area (Å²) in [6.07, 6.45) is 5.30. The van der Waals surface area contributed by atoms with Gasteiger partial charge >= 0.3 is 5.76 Å². The van der Waals surface area contributed by atoms with Gasteiger partial charge in [-0.1, -0.05) is 0 Å². The molecular weight excluding hydrogens is 386 g/mol. The molecule has 0 unspecified atom stereocenters. The highest BCUT2D eigenvalue weighted by atomic mass is 16.4. The fraction of sp³-hybridized carbons (Fsp3) is 0.429. The zero-order valence-corrected chi connectivity index (χ0v) is 17.0. The minimum atomic E-state index is -0.526. The molecule has 9 heteroatoms. The lowest BCUT2D eigenvalue weighted by atomic mass is 10.1. The first-order valence-electron chi connectivity index (χ1n) is 10.1. The lowest BCUT2D eigenvalue weighted by Crippen LogP contribution is -2.49. The fourth-order valence-electron chi connectivity index (χ4n) is 3.75. The van der Waals surface area contributed by atoms with Crippen LogP contribution in [-0.4, -0.2) is 69.0 Å². The number of fused-ring (bicyclic) bond motifs is 1. The number of piperazine rings is 1. The van der Waals surface area contributed by atoms with E-state index in [-0.39, 0.29) is 11.7 Å². The second-order valence-corrected chi connectivity index (χ2v) is 7.64. The number of ketones is 1. The largest absolute Gasteiger partial charge is 0.417 e. The van der Waals surface area contributed by atoms with E-state index >= 15 is 0 Å². The van der Waals surface area contributed by atoms with E-state index < -0.39 is 5.76 Å². The quantitative estimate of drug-likeness (QED) is 0.586. The number of benzene rings is 1. The third kappa shape index (κ3) is 4.68. The van der Waals surface area contributed by atoms with Crippen molar-refractivity contribution in [3.8, 4) is 0 Å². The third-order valence-electron chi connectivity index (χ3n) is 5.51. The summed E-state index contributed by atoms with van der Waals surface area (Å²) in [4.78, 5) is 42.9. The molecule has 0 bridgehead atoms. The van der Waals surface area contributed by atoms with Gasteiger partial charge in [-0.25, -0.2) is 4.79 Å². The van der Waals surface area contributed by atoms with Crippen molar-refractivity contribution in [3.63, 3.8) is 0 Å². The number of oxazole rings is 1. The zero-order valence-electron chi connectivity index (χ0n) is 17.0. The number of aryl methyl sites for hydroxylation is 2. The van der Waals surface area contributed by atoms with E-state index in [1.54, 1.807) is 29.1 Å². The van der Waals surface area contributed by atoms with Crippen molar-refractivity contribution in [3.05, 3.63) is 52.3 Å². The molecular formula is C21H25N5O4. The van der Waals surface area contributed by atoms with Crippen LogP contribution in [0.1, 0.15) is 28.8 Å². The first-order valence-corrected chi connectivity index (χ1v) is 10.1. The molecule has 1 N–H and O–H groups in total. The van der Waals surface area contributed by atoms with Gasteiger partial charge in [0.2, 0.25) is 5.91 Å². The van der Waals surface area contributed by atoms with Crippen molar-refractivity contribution in [2.24, 2.45) is 7.05 Å². The Morgan fingerprint density at radius 3 is 2.70 bits per heavy atom. The summed E-state index contributed by atoms with van der Waals surface area (Å²) < 4.78 is 6.76. The van der Waals surface area contributed by atoms with Crippen LogP contribution in [-0.2, 0) is 18.3 Å². The molecule has 0 aliphatic carbocycles. The van der Waals surface area contributed by atoms with Gasteiger partial charge in [-0.2, -0.15) is 5.10 Å². The van der Waals surface area contributed by atoms with E-state index in [0.717, 1.165) is 18.7 Å². The Balaban J connectivity index is 1.21. The first kappa shape index (κ1) is 20.1. The molecule has 30 heavy (non-hydrogen) atoms. The standard InChI is InChI=1S/C21H25N5O4/c1-24-14-15(13-22-24)2-5-20(28)26-10-8-25(9-11-26)7-6-18(27)16-3-4-17-19(12-16)30-21(29)23-17/h3-4,12-14H,2,5-11H2,1H3,(H,23,29). The van der Waals surface area contributed by atoms with Crippen LogP contribution in [0.15, 0.2) is 39.8 Å². The number of hydrogen-bond donors (Lipinski definition) is 1. The molecule has 158 valence electrons. The predicted octanol–water partition coefficient (Wildman–Crippen LogP) is 1.20. The maximum absolute atomic E-state index is 12.5. The predicted molar refractivity (Wildman–Crippen MR) is 110 cm³/mol. The highest BCUT2D eigenvalue weighted by molar-refractivity contribution is 5.98. The molecule has 1 aliphatic heterocycles. The summed E-state index contributed by atoms with van der Waals surface area (Å²) in [7, 11) is 1.87. The number of aromatic nitrogens is 3. The summed E-state index contributed by atoms with van der Waals surface area (Å²) in [5, 5.41) is 4.13. The highest BCUT2D eigenvalue weighted by Crippen LogP contribution is 2.15. The molecule has 0 spiro atoms. The van der Waals surface area contributed by atoms with Crippen molar-refractivity contribution < 1.29 is 14.0 Å². The summed E-state index contributed by atoms with van der Waals surface area (Å²) in [6, 6.07) is 4.99. The molecule has 4 rings (SSSR count). The Kier molecular flexibility index (Phi) is 5.80. The van der Waals surface area contributed by atoms with Crippen LogP contribution < -0.4 is 5.76 Å². The summed E-state index contributed by atoms with van der Waals surface area (Å²) in [5.74, 6) is -0.353. The van der Waals surface area contributed by atoms with E-state index in [1.165, 1.54) is 0 Å². The number of nitrogens with zero attached hydrogens (tertiary/aromatic N) is 4. The van der Waals surface area contributed by atoms with E-state index in [0.29, 0.717) is 55.6 Å². The molecule has 1 aliphatic rings. The topological polar surface area (TPSA) is 104 Å². The van der Waals surface area contributed by atoms with Crippen LogP contribution >= 0.6 is 0 Å². The van der Waals surface area contributed by atoms with Gasteiger partial charge in [-0.15, -0.1) is 0 Å². The Morgan fingerprint density at radius 2 is 1.97 bits per heavy atom. The molecule has 0 atom stereocenters. The molecule has 2 aromatic heterocycles. The fourth-order valence-corrected chi connectivity index (χ4v) is 3.75. The number of amides is 1. The van der Waals surface area contributed by atoms with E-state index in [1.807, 2.05) is 18.1 Å². The van der Waals surface area contributed by atoms with E-state index in [9.17, 15) is 14.4 Å². The number of aromatic amines is 1. The average Bonchev–Trinajstić information content (AvgIpc) is 3.34. The van der Waals surface area contributed by atoms with Gasteiger partial charge in [0.05, 0.1) is 11.7 Å². The summed E-state index contributed by atoms with van der Waals surface area (Å²) in [5.41, 5.74) is 2.58. The van der Waals surface area contributed by atoms with Crippen molar-refractivity contribution in [2.75, 3.05) is 32.7 Å². The first-order chi connectivity index (χ1) is 14.5. The lowest BCUT2D eigenvalue weighted by molar-refractivity contribution is -0.132. The second kappa shape index (κ2) is 8.66. The smallest absolute Gasteiger partial charge is 0.408 e. The highest BCUT2D eigenvalue weighted by Gasteiger charge is 2.21. The molecule has 3 heterocycles. The number of Topliss-reactive ketones (excluding diaryl/α,β-unsaturated/α-hetero) is 1. The van der Waals surface area contributed by atoms with Gasteiger partial charge in [-0.3, -0.25) is 24.2 Å². The van der Waals surface area contributed by atoms with Crippen molar-refractivity contribution in [2.45, 2.75) is 19.3 Å². The van der Waals surface area contributed by atoms with Gasteiger partial charge in [-0.05, 0) is 30.2 Å². The normalized spacial score (nSPS) is 15.0. The van der Waals surface area contributed by atoms with Crippen LogP contribution in [0.5, 0.6) is 0 Å². The minimum absolute atomic E-state index is 0.00993. The number of nitrogens with one attached hydrogen (secondary N) is 1. The molecule has 0 saturated carbocycles. The van der Waals surface area contributed by atoms with Crippen LogP contribution in [0.2, 0.25) is 0 Å². The number of hydrogen-bond acceptors (Lipinski definition) is 6. The van der Waals surface area contributed by atoms with E-state index in [4.69, 9.17) is 4.42 Å². The maximum atomic E-state index is 12.5. The van der Waals surface area contributed by atoms with Crippen molar-refractivity contribution >= 4 is 22.8 Å². The number of carbonyl (C=O) groups excluding carboxylic acids is 2. The Labute approximate surface area is 173 Å². The molecule has 9 nitrogen and oxygen atoms in total. The molecule has 1 amide bonds. The average molecular weight is 411 g/mol. The van der Waals surface area contributed by atoms with Gasteiger partial charge in [0.15, 0.2) is 11.4 Å². The molecule has 1 fully saturated rings. The Morgan fingerprint density at radius 1 is 1.17 bits per heavy atom. The van der Waals surface area contributed by atoms with Crippen molar-refractivity contribution in [1.29, 1.82) is 0 Å². The second-order valence-electron chi connectivity index (χ2n) is 7.64. The van der Waals surface area contributed by atoms with Crippen LogP contribution in [0.25, 0.3) is 11.1 Å². The molecule has 3 aromatic rings. The lowest BCUT2D eigenvalue weighted by Gasteiger charge is -2.34. The maximum Gasteiger partial charge on any atom is 0.417 e. The third-order valence-corrected chi connectivity index (χ3v) is 5.51. The molecule has 1 saturated heterocycles. The molecule has 0 radical (unpaired) electrons. The van der Waals surface area contributed by atoms with Crippen LogP contribution in [0.3, 0.4) is 0 Å². The van der Waals surface area contributed by atoms with Gasteiger partial charge < -0.3 is 9.32 Å². The molecule has 1 aromatic carbocycles. The van der Waals surface area contributed by atoms with Gasteiger partial charge in [0.1, 0.15) is 0 Å². The number of H-pyrrole nitrogens is 1. The van der Waals surface area contributed by atoms with E-state index in [2.05, 4.69) is 15.0 Å². The number of rotatable bonds is 7. The number of carbonyl (C=O) groups is 2. The van der Waals surface area contributed by atoms with Gasteiger partial charge in [0.25, 0.3) is 0 Å². The summed E-state index contributed by atoms with van der Waals surface area (Å²) >= 11 is 0.